The van der Waals surface area contributed by atoms with Gasteiger partial charge >= 0.3 is 0 Å². The van der Waals surface area contributed by atoms with Gasteiger partial charge in [-0.1, -0.05) is 36.4 Å². The molecule has 5 aromatic rings. The molecule has 4 aromatic carbocycles. The first-order valence-electron chi connectivity index (χ1n) is 10.6. The number of aromatic nitrogens is 2. The Morgan fingerprint density at radius 3 is 2.23 bits per heavy atom. The fourth-order valence-electron chi connectivity index (χ4n) is 3.66. The molecule has 0 aliphatic heterocycles. The van der Waals surface area contributed by atoms with Crippen LogP contribution in [-0.4, -0.2) is 24.3 Å². The van der Waals surface area contributed by atoms with Crippen LogP contribution in [0.5, 0.6) is 0 Å². The lowest BCUT2D eigenvalue weighted by atomic mass is 10.1. The van der Waals surface area contributed by atoms with Crippen molar-refractivity contribution in [1.82, 2.24) is 9.97 Å². The maximum atomic E-state index is 13.2. The Morgan fingerprint density at radius 1 is 0.800 bits per heavy atom. The van der Waals surface area contributed by atoms with Crippen LogP contribution in [0.4, 0.5) is 15.8 Å². The number of fused-ring (bicyclic) bond motifs is 1. The Bertz CT molecular complexity index is 1610. The van der Waals surface area contributed by atoms with Gasteiger partial charge in [0.15, 0.2) is 0 Å². The molecule has 1 amide bonds. The lowest BCUT2D eigenvalue weighted by Crippen LogP contribution is -2.19. The second-order valence-corrected chi connectivity index (χ2v) is 9.39. The lowest BCUT2D eigenvalue weighted by molar-refractivity contribution is 0.102. The number of amides is 1. The maximum absolute atomic E-state index is 13.2. The van der Waals surface area contributed by atoms with Gasteiger partial charge in [-0.2, -0.15) is 0 Å². The summed E-state index contributed by atoms with van der Waals surface area (Å²) >= 11 is 0. The molecule has 9 heteroatoms. The predicted molar refractivity (Wildman–Crippen MR) is 133 cm³/mol. The summed E-state index contributed by atoms with van der Waals surface area (Å²) in [7, 11) is -4.04. The van der Waals surface area contributed by atoms with Crippen LogP contribution in [0.1, 0.15) is 10.4 Å². The number of rotatable bonds is 6. The number of halogens is 1. The van der Waals surface area contributed by atoms with E-state index in [2.05, 4.69) is 20.0 Å². The Hall–Kier alpha value is -4.50. The summed E-state index contributed by atoms with van der Waals surface area (Å²) in [6, 6.07) is 25.5. The Balaban J connectivity index is 1.45. The van der Waals surface area contributed by atoms with Crippen LogP contribution in [0.3, 0.4) is 0 Å². The maximum Gasteiger partial charge on any atom is 0.261 e. The number of para-hydroxylation sites is 4. The normalized spacial score (nSPS) is 11.3. The van der Waals surface area contributed by atoms with Crippen LogP contribution in [-0.2, 0) is 10.0 Å². The van der Waals surface area contributed by atoms with Gasteiger partial charge in [-0.15, -0.1) is 0 Å². The number of carbonyl (C=O) groups excluding carboxylic acids is 1. The predicted octanol–water partition coefficient (Wildman–Crippen LogP) is 5.42. The van der Waals surface area contributed by atoms with Crippen molar-refractivity contribution in [3.63, 3.8) is 0 Å². The standard InChI is InChI=1S/C26H19FN4O3S/c27-17-13-15-18(16-14-17)35(33,34)31-22-10-4-2-8-20(22)26(32)30-21-9-3-1-7-19(21)25-28-23-11-5-6-12-24(23)29-25/h1-16,31H,(H,28,29)(H,30,32). The summed E-state index contributed by atoms with van der Waals surface area (Å²) in [6.07, 6.45) is 0. The fraction of sp³-hybridized carbons (Fsp3) is 0. The quantitative estimate of drug-likeness (QED) is 0.298. The van der Waals surface area contributed by atoms with Gasteiger partial charge in [0, 0.05) is 5.56 Å². The van der Waals surface area contributed by atoms with Crippen LogP contribution >= 0.6 is 0 Å². The second-order valence-electron chi connectivity index (χ2n) is 7.71. The minimum Gasteiger partial charge on any atom is -0.338 e. The number of benzene rings is 4. The molecule has 0 aliphatic carbocycles. The molecular weight excluding hydrogens is 467 g/mol. The van der Waals surface area contributed by atoms with Gasteiger partial charge in [0.2, 0.25) is 0 Å². The topological polar surface area (TPSA) is 104 Å². The minimum atomic E-state index is -4.04. The zero-order valence-corrected chi connectivity index (χ0v) is 19.0. The fourth-order valence-corrected chi connectivity index (χ4v) is 4.74. The highest BCUT2D eigenvalue weighted by Crippen LogP contribution is 2.29. The lowest BCUT2D eigenvalue weighted by Gasteiger charge is -2.14. The summed E-state index contributed by atoms with van der Waals surface area (Å²) in [5.41, 5.74) is 3.07. The van der Waals surface area contributed by atoms with E-state index >= 15 is 0 Å². The summed E-state index contributed by atoms with van der Waals surface area (Å²) in [6.45, 7) is 0. The molecule has 0 radical (unpaired) electrons. The molecule has 0 unspecified atom stereocenters. The average molecular weight is 487 g/mol. The molecule has 3 N–H and O–H groups in total. The number of aromatic amines is 1. The van der Waals surface area contributed by atoms with Crippen LogP contribution in [0, 0.1) is 5.82 Å². The highest BCUT2D eigenvalue weighted by atomic mass is 32.2. The molecule has 0 atom stereocenters. The van der Waals surface area contributed by atoms with Crippen LogP contribution in [0.25, 0.3) is 22.4 Å². The van der Waals surface area contributed by atoms with Crippen molar-refractivity contribution >= 4 is 38.3 Å². The molecule has 0 aliphatic rings. The van der Waals surface area contributed by atoms with Crippen molar-refractivity contribution in [3.05, 3.63) is 108 Å². The van der Waals surface area contributed by atoms with Gasteiger partial charge < -0.3 is 10.3 Å². The first-order valence-corrected chi connectivity index (χ1v) is 12.1. The first kappa shape index (κ1) is 22.3. The third kappa shape index (κ3) is 4.62. The van der Waals surface area contributed by atoms with Gasteiger partial charge in [0.25, 0.3) is 15.9 Å². The van der Waals surface area contributed by atoms with E-state index in [0.717, 1.165) is 35.3 Å². The van der Waals surface area contributed by atoms with E-state index in [-0.39, 0.29) is 16.1 Å². The van der Waals surface area contributed by atoms with Crippen LogP contribution in [0.2, 0.25) is 0 Å². The number of sulfonamides is 1. The van der Waals surface area contributed by atoms with Crippen molar-refractivity contribution < 1.29 is 17.6 Å². The van der Waals surface area contributed by atoms with E-state index in [1.165, 1.54) is 12.1 Å². The summed E-state index contributed by atoms with van der Waals surface area (Å²) < 4.78 is 41.2. The average Bonchev–Trinajstić information content (AvgIpc) is 3.29. The zero-order chi connectivity index (χ0) is 24.4. The van der Waals surface area contributed by atoms with Crippen LogP contribution in [0.15, 0.2) is 102 Å². The van der Waals surface area contributed by atoms with Gasteiger partial charge in [0.05, 0.1) is 32.9 Å². The van der Waals surface area contributed by atoms with Crippen molar-refractivity contribution in [2.75, 3.05) is 10.0 Å². The minimum absolute atomic E-state index is 0.0931. The second kappa shape index (κ2) is 9.03. The van der Waals surface area contributed by atoms with E-state index < -0.39 is 21.7 Å². The summed E-state index contributed by atoms with van der Waals surface area (Å²) in [5, 5.41) is 2.86. The number of carbonyl (C=O) groups is 1. The molecule has 35 heavy (non-hydrogen) atoms. The number of nitrogens with one attached hydrogen (secondary N) is 3. The van der Waals surface area contributed by atoms with Crippen molar-refractivity contribution in [2.24, 2.45) is 0 Å². The molecule has 7 nitrogen and oxygen atoms in total. The van der Waals surface area contributed by atoms with Crippen molar-refractivity contribution in [1.29, 1.82) is 0 Å². The number of hydrogen-bond donors (Lipinski definition) is 3. The van der Waals surface area contributed by atoms with E-state index in [4.69, 9.17) is 0 Å². The molecule has 1 aromatic heterocycles. The molecule has 0 saturated carbocycles. The number of hydrogen-bond acceptors (Lipinski definition) is 4. The molecule has 0 bridgehead atoms. The Labute approximate surface area is 200 Å². The highest BCUT2D eigenvalue weighted by molar-refractivity contribution is 7.92. The number of nitrogens with zero attached hydrogens (tertiary/aromatic N) is 1. The molecular formula is C26H19FN4O3S. The zero-order valence-electron chi connectivity index (χ0n) is 18.2. The van der Waals surface area contributed by atoms with Gasteiger partial charge in [-0.25, -0.2) is 17.8 Å². The van der Waals surface area contributed by atoms with Crippen molar-refractivity contribution in [3.8, 4) is 11.4 Å². The number of anilines is 2. The number of imidazole rings is 1. The smallest absolute Gasteiger partial charge is 0.261 e. The molecule has 0 saturated heterocycles. The first-order chi connectivity index (χ1) is 16.9. The Kier molecular flexibility index (Phi) is 5.76. The molecule has 5 rings (SSSR count). The third-order valence-corrected chi connectivity index (χ3v) is 6.74. The third-order valence-electron chi connectivity index (χ3n) is 5.36. The SMILES string of the molecule is O=C(Nc1ccccc1-c1nc2ccccc2[nH]1)c1ccccc1NS(=O)(=O)c1ccc(F)cc1. The van der Waals surface area contributed by atoms with E-state index in [0.29, 0.717) is 17.1 Å². The van der Waals surface area contributed by atoms with Gasteiger partial charge in [0.1, 0.15) is 11.6 Å². The Morgan fingerprint density at radius 2 is 1.46 bits per heavy atom. The van der Waals surface area contributed by atoms with E-state index in [1.807, 2.05) is 36.4 Å². The van der Waals surface area contributed by atoms with Crippen molar-refractivity contribution in [2.45, 2.75) is 4.90 Å². The van der Waals surface area contributed by atoms with E-state index in [9.17, 15) is 17.6 Å². The van der Waals surface area contributed by atoms with Gasteiger partial charge in [-0.3, -0.25) is 9.52 Å². The number of H-pyrrole nitrogens is 1. The molecule has 1 heterocycles. The molecule has 174 valence electrons. The summed E-state index contributed by atoms with van der Waals surface area (Å²) in [5.74, 6) is -0.467. The largest absolute Gasteiger partial charge is 0.338 e. The van der Waals surface area contributed by atoms with E-state index in [1.54, 1.807) is 24.3 Å². The highest BCUT2D eigenvalue weighted by Gasteiger charge is 2.20. The summed E-state index contributed by atoms with van der Waals surface area (Å²) in [4.78, 5) is 21.0. The van der Waals surface area contributed by atoms with Crippen LogP contribution < -0.4 is 10.0 Å². The van der Waals surface area contributed by atoms with Gasteiger partial charge in [-0.05, 0) is 60.7 Å². The molecule has 0 spiro atoms. The molecule has 0 fully saturated rings. The monoisotopic (exact) mass is 486 g/mol.